The molecule has 29 heavy (non-hydrogen) atoms. The maximum Gasteiger partial charge on any atom is 0.243 e. The minimum atomic E-state index is -0.137. The summed E-state index contributed by atoms with van der Waals surface area (Å²) in [6.07, 6.45) is 3.84. The zero-order valence-electron chi connectivity index (χ0n) is 17.3. The van der Waals surface area contributed by atoms with E-state index in [9.17, 15) is 4.79 Å². The number of aryl methyl sites for hydroxylation is 3. The van der Waals surface area contributed by atoms with Crippen molar-refractivity contribution in [3.05, 3.63) is 72.1 Å². The van der Waals surface area contributed by atoms with E-state index in [1.54, 1.807) is 0 Å². The van der Waals surface area contributed by atoms with Gasteiger partial charge in [-0.25, -0.2) is 4.98 Å². The number of rotatable bonds is 10. The molecule has 1 heterocycles. The Balaban J connectivity index is 1.61. The molecule has 0 aliphatic carbocycles. The van der Waals surface area contributed by atoms with Gasteiger partial charge in [0.2, 0.25) is 5.91 Å². The van der Waals surface area contributed by atoms with Crippen molar-refractivity contribution in [2.75, 3.05) is 13.2 Å². The van der Waals surface area contributed by atoms with Crippen molar-refractivity contribution in [2.45, 2.75) is 39.7 Å². The molecule has 0 fully saturated rings. The number of fused-ring (bicyclic) bond motifs is 1. The van der Waals surface area contributed by atoms with Crippen LogP contribution in [0.15, 0.2) is 55.1 Å². The lowest BCUT2D eigenvalue weighted by Crippen LogP contribution is -2.22. The Bertz CT molecular complexity index is 991. The first-order valence-electron chi connectivity index (χ1n) is 10.1. The minimum Gasteiger partial charge on any atom is -0.493 e. The lowest BCUT2D eigenvalue weighted by molar-refractivity contribution is -0.116. The van der Waals surface area contributed by atoms with E-state index in [-0.39, 0.29) is 5.91 Å². The molecule has 3 rings (SSSR count). The summed E-state index contributed by atoms with van der Waals surface area (Å²) in [7, 11) is 0. The molecule has 152 valence electrons. The quantitative estimate of drug-likeness (QED) is 0.413. The molecule has 0 atom stereocenters. The third-order valence-electron chi connectivity index (χ3n) is 5.13. The van der Waals surface area contributed by atoms with Crippen LogP contribution in [-0.2, 0) is 17.8 Å². The van der Waals surface area contributed by atoms with Crippen LogP contribution in [0.4, 0.5) is 0 Å². The van der Waals surface area contributed by atoms with Crippen molar-refractivity contribution in [1.82, 2.24) is 14.9 Å². The predicted molar refractivity (Wildman–Crippen MR) is 117 cm³/mol. The van der Waals surface area contributed by atoms with Crippen molar-refractivity contribution < 1.29 is 9.53 Å². The van der Waals surface area contributed by atoms with E-state index in [1.807, 2.05) is 30.3 Å². The highest BCUT2D eigenvalue weighted by molar-refractivity contribution is 5.86. The molecule has 1 aromatic heterocycles. The van der Waals surface area contributed by atoms with E-state index < -0.39 is 0 Å². The normalized spacial score (nSPS) is 10.8. The second-order valence-electron chi connectivity index (χ2n) is 7.17. The molecule has 0 saturated carbocycles. The molecule has 0 spiro atoms. The Morgan fingerprint density at radius 2 is 2.00 bits per heavy atom. The molecule has 5 nitrogen and oxygen atoms in total. The van der Waals surface area contributed by atoms with Crippen LogP contribution in [0.25, 0.3) is 11.0 Å². The second kappa shape index (κ2) is 9.92. The molecule has 0 bridgehead atoms. The molecule has 2 aromatic carbocycles. The number of carbonyl (C=O) groups excluding carboxylic acids is 1. The highest BCUT2D eigenvalue weighted by atomic mass is 16.5. The Labute approximate surface area is 172 Å². The molecular weight excluding hydrogens is 362 g/mol. The van der Waals surface area contributed by atoms with Gasteiger partial charge in [-0.15, -0.1) is 0 Å². The smallest absolute Gasteiger partial charge is 0.243 e. The zero-order chi connectivity index (χ0) is 20.6. The van der Waals surface area contributed by atoms with Gasteiger partial charge in [0.25, 0.3) is 0 Å². The van der Waals surface area contributed by atoms with Gasteiger partial charge < -0.3 is 14.6 Å². The zero-order valence-corrected chi connectivity index (χ0v) is 17.3. The molecule has 0 saturated heterocycles. The summed E-state index contributed by atoms with van der Waals surface area (Å²) in [5.74, 6) is 1.87. The standard InChI is InChI=1S/C24H29N3O2/c1-4-24(28)25-15-8-14-23-26-20-11-5-6-12-21(20)27(23)16-9-17-29-22-13-7-10-18(2)19(22)3/h4-7,10-13H,1,8-9,14-17H2,2-3H3,(H,25,28). The van der Waals surface area contributed by atoms with Crippen LogP contribution in [0, 0.1) is 13.8 Å². The van der Waals surface area contributed by atoms with Gasteiger partial charge in [0.1, 0.15) is 11.6 Å². The van der Waals surface area contributed by atoms with Crippen LogP contribution in [-0.4, -0.2) is 28.6 Å². The second-order valence-corrected chi connectivity index (χ2v) is 7.17. The van der Waals surface area contributed by atoms with Gasteiger partial charge in [0.05, 0.1) is 17.6 Å². The minimum absolute atomic E-state index is 0.137. The summed E-state index contributed by atoms with van der Waals surface area (Å²) >= 11 is 0. The van der Waals surface area contributed by atoms with Crippen molar-refractivity contribution in [2.24, 2.45) is 0 Å². The van der Waals surface area contributed by atoms with Gasteiger partial charge in [0.15, 0.2) is 0 Å². The molecule has 5 heteroatoms. The number of hydrogen-bond donors (Lipinski definition) is 1. The van der Waals surface area contributed by atoms with Crippen LogP contribution in [0.2, 0.25) is 0 Å². The number of para-hydroxylation sites is 2. The number of ether oxygens (including phenoxy) is 1. The van der Waals surface area contributed by atoms with Crippen molar-refractivity contribution in [3.8, 4) is 5.75 Å². The average Bonchev–Trinajstić information content (AvgIpc) is 3.08. The number of amides is 1. The summed E-state index contributed by atoms with van der Waals surface area (Å²) in [6.45, 7) is 9.79. The molecular formula is C24H29N3O2. The van der Waals surface area contributed by atoms with Crippen molar-refractivity contribution in [1.29, 1.82) is 0 Å². The fourth-order valence-corrected chi connectivity index (χ4v) is 3.38. The fourth-order valence-electron chi connectivity index (χ4n) is 3.38. The van der Waals surface area contributed by atoms with E-state index in [0.717, 1.165) is 48.4 Å². The first-order valence-corrected chi connectivity index (χ1v) is 10.1. The molecule has 3 aromatic rings. The molecule has 0 aliphatic rings. The van der Waals surface area contributed by atoms with Crippen LogP contribution in [0.5, 0.6) is 5.75 Å². The third kappa shape index (κ3) is 5.25. The monoisotopic (exact) mass is 391 g/mol. The highest BCUT2D eigenvalue weighted by Gasteiger charge is 2.10. The third-order valence-corrected chi connectivity index (χ3v) is 5.13. The van der Waals surface area contributed by atoms with Gasteiger partial charge in [-0.2, -0.15) is 0 Å². The number of aromatic nitrogens is 2. The molecule has 1 N–H and O–H groups in total. The number of nitrogens with one attached hydrogen (secondary N) is 1. The lowest BCUT2D eigenvalue weighted by Gasteiger charge is -2.13. The number of nitrogens with zero attached hydrogens (tertiary/aromatic N) is 2. The maximum atomic E-state index is 11.3. The van der Waals surface area contributed by atoms with Crippen LogP contribution in [0.3, 0.4) is 0 Å². The summed E-state index contributed by atoms with van der Waals surface area (Å²) in [6, 6.07) is 14.4. The lowest BCUT2D eigenvalue weighted by atomic mass is 10.1. The number of imidazole rings is 1. The van der Waals surface area contributed by atoms with Gasteiger partial charge in [-0.05, 0) is 62.1 Å². The van der Waals surface area contributed by atoms with Crippen LogP contribution >= 0.6 is 0 Å². The Morgan fingerprint density at radius 3 is 2.83 bits per heavy atom. The average molecular weight is 392 g/mol. The molecule has 1 amide bonds. The van der Waals surface area contributed by atoms with E-state index in [2.05, 4.69) is 42.4 Å². The highest BCUT2D eigenvalue weighted by Crippen LogP contribution is 2.21. The summed E-state index contributed by atoms with van der Waals surface area (Å²) in [4.78, 5) is 16.1. The van der Waals surface area contributed by atoms with Gasteiger partial charge in [0, 0.05) is 19.5 Å². The Morgan fingerprint density at radius 1 is 1.17 bits per heavy atom. The van der Waals surface area contributed by atoms with Crippen LogP contribution in [0.1, 0.15) is 29.8 Å². The van der Waals surface area contributed by atoms with E-state index in [1.165, 1.54) is 17.2 Å². The summed E-state index contributed by atoms with van der Waals surface area (Å²) in [5, 5.41) is 2.82. The van der Waals surface area contributed by atoms with Crippen molar-refractivity contribution in [3.63, 3.8) is 0 Å². The number of carbonyl (C=O) groups is 1. The first-order chi connectivity index (χ1) is 14.1. The van der Waals surface area contributed by atoms with E-state index in [0.29, 0.717) is 13.2 Å². The first kappa shape index (κ1) is 20.6. The van der Waals surface area contributed by atoms with Gasteiger partial charge >= 0.3 is 0 Å². The number of benzene rings is 2. The predicted octanol–water partition coefficient (Wildman–Crippen LogP) is 4.36. The molecule has 0 unspecified atom stereocenters. The summed E-state index contributed by atoms with van der Waals surface area (Å²) < 4.78 is 8.29. The van der Waals surface area contributed by atoms with Crippen LogP contribution < -0.4 is 10.1 Å². The van der Waals surface area contributed by atoms with Gasteiger partial charge in [-0.1, -0.05) is 30.8 Å². The summed E-state index contributed by atoms with van der Waals surface area (Å²) in [5.41, 5.74) is 4.59. The van der Waals surface area contributed by atoms with E-state index >= 15 is 0 Å². The maximum absolute atomic E-state index is 11.3. The number of hydrogen-bond acceptors (Lipinski definition) is 3. The fraction of sp³-hybridized carbons (Fsp3) is 0.333. The van der Waals surface area contributed by atoms with Crippen molar-refractivity contribution >= 4 is 16.9 Å². The molecule has 0 aliphatic heterocycles. The topological polar surface area (TPSA) is 56.2 Å². The van der Waals surface area contributed by atoms with Gasteiger partial charge in [-0.3, -0.25) is 4.79 Å². The largest absolute Gasteiger partial charge is 0.493 e. The SMILES string of the molecule is C=CC(=O)NCCCc1nc2ccccc2n1CCCOc1cccc(C)c1C. The van der Waals surface area contributed by atoms with E-state index in [4.69, 9.17) is 9.72 Å². The Hall–Kier alpha value is -3.08. The molecule has 0 radical (unpaired) electrons. The Kier molecular flexibility index (Phi) is 7.06.